The number of nitrogens with zero attached hydrogens (tertiary/aromatic N) is 2. The second-order valence-corrected chi connectivity index (χ2v) is 4.34. The van der Waals surface area contributed by atoms with Gasteiger partial charge in [0, 0.05) is 24.6 Å². The number of anilines is 1. The summed E-state index contributed by atoms with van der Waals surface area (Å²) in [5, 5.41) is 12.9. The average molecular weight is 231 g/mol. The van der Waals surface area contributed by atoms with Crippen LogP contribution in [0, 0.1) is 0 Å². The number of methoxy groups -OCH3 is 1. The average Bonchev–Trinajstić information content (AvgIpc) is 2.65. The molecule has 1 aromatic heterocycles. The molecule has 1 unspecified atom stereocenters. The van der Waals surface area contributed by atoms with Gasteiger partial charge in [-0.3, -0.25) is 0 Å². The van der Waals surface area contributed by atoms with Gasteiger partial charge < -0.3 is 15.2 Å². The standard InChI is InChI=1S/C9H17N3O2S/c1-6(2)8-11-9(15-12-8)10-7(4-13)5-14-3/h6-7,13H,4-5H2,1-3H3,(H,10,11,12). The molecule has 1 heterocycles. The molecule has 0 aliphatic heterocycles. The SMILES string of the molecule is COCC(CO)Nc1nc(C(C)C)ns1. The van der Waals surface area contributed by atoms with Crippen LogP contribution in [0.25, 0.3) is 0 Å². The Morgan fingerprint density at radius 1 is 1.53 bits per heavy atom. The first-order valence-corrected chi connectivity index (χ1v) is 5.64. The number of nitrogens with one attached hydrogen (secondary N) is 1. The topological polar surface area (TPSA) is 67.3 Å². The minimum absolute atomic E-state index is 0.0183. The van der Waals surface area contributed by atoms with E-state index < -0.39 is 0 Å². The summed E-state index contributed by atoms with van der Waals surface area (Å²) in [7, 11) is 1.60. The number of rotatable bonds is 6. The van der Waals surface area contributed by atoms with Gasteiger partial charge in [0.25, 0.3) is 0 Å². The van der Waals surface area contributed by atoms with Crippen LogP contribution in [0.1, 0.15) is 25.6 Å². The minimum Gasteiger partial charge on any atom is -0.394 e. The Balaban J connectivity index is 2.55. The summed E-state index contributed by atoms with van der Waals surface area (Å²) in [5.41, 5.74) is 0. The third-order valence-corrected chi connectivity index (χ3v) is 2.53. The van der Waals surface area contributed by atoms with Gasteiger partial charge in [0.1, 0.15) is 5.82 Å². The molecule has 15 heavy (non-hydrogen) atoms. The van der Waals surface area contributed by atoms with Crippen molar-refractivity contribution < 1.29 is 9.84 Å². The van der Waals surface area contributed by atoms with Crippen LogP contribution in [-0.2, 0) is 4.74 Å². The Labute approximate surface area is 93.7 Å². The summed E-state index contributed by atoms with van der Waals surface area (Å²) < 4.78 is 9.16. The van der Waals surface area contributed by atoms with E-state index in [1.165, 1.54) is 11.5 Å². The van der Waals surface area contributed by atoms with Crippen LogP contribution >= 0.6 is 11.5 Å². The van der Waals surface area contributed by atoms with E-state index in [0.29, 0.717) is 12.5 Å². The van der Waals surface area contributed by atoms with Crippen molar-refractivity contribution in [3.8, 4) is 0 Å². The number of aromatic nitrogens is 2. The minimum atomic E-state index is -0.122. The van der Waals surface area contributed by atoms with Crippen LogP contribution in [0.5, 0.6) is 0 Å². The van der Waals surface area contributed by atoms with E-state index in [0.717, 1.165) is 11.0 Å². The lowest BCUT2D eigenvalue weighted by Crippen LogP contribution is -2.28. The molecule has 2 N–H and O–H groups in total. The van der Waals surface area contributed by atoms with E-state index in [-0.39, 0.29) is 12.6 Å². The fourth-order valence-corrected chi connectivity index (χ4v) is 1.83. The lowest BCUT2D eigenvalue weighted by Gasteiger charge is -2.13. The molecule has 0 radical (unpaired) electrons. The zero-order valence-corrected chi connectivity index (χ0v) is 10.0. The van der Waals surface area contributed by atoms with Crippen LogP contribution in [0.2, 0.25) is 0 Å². The number of aliphatic hydroxyl groups excluding tert-OH is 1. The van der Waals surface area contributed by atoms with Crippen molar-refractivity contribution in [1.82, 2.24) is 9.36 Å². The van der Waals surface area contributed by atoms with Crippen molar-refractivity contribution in [3.05, 3.63) is 5.82 Å². The molecule has 86 valence electrons. The third kappa shape index (κ3) is 3.73. The summed E-state index contributed by atoms with van der Waals surface area (Å²) in [5.74, 6) is 1.16. The van der Waals surface area contributed by atoms with Crippen LogP contribution in [0.4, 0.5) is 5.13 Å². The fourth-order valence-electron chi connectivity index (χ4n) is 1.04. The van der Waals surface area contributed by atoms with Gasteiger partial charge in [0.05, 0.1) is 19.3 Å². The van der Waals surface area contributed by atoms with Crippen molar-refractivity contribution in [2.75, 3.05) is 25.6 Å². The molecule has 0 fully saturated rings. The maximum absolute atomic E-state index is 9.05. The second-order valence-electron chi connectivity index (χ2n) is 3.59. The zero-order chi connectivity index (χ0) is 11.3. The molecule has 6 heteroatoms. The maximum Gasteiger partial charge on any atom is 0.202 e. The summed E-state index contributed by atoms with van der Waals surface area (Å²) in [6, 6.07) is -0.122. The Kier molecular flexibility index (Phi) is 4.93. The van der Waals surface area contributed by atoms with E-state index in [9.17, 15) is 0 Å². The first-order chi connectivity index (χ1) is 7.17. The lowest BCUT2D eigenvalue weighted by atomic mass is 10.2. The zero-order valence-electron chi connectivity index (χ0n) is 9.23. The normalized spacial score (nSPS) is 13.1. The highest BCUT2D eigenvalue weighted by molar-refractivity contribution is 7.09. The highest BCUT2D eigenvalue weighted by Gasteiger charge is 2.11. The van der Waals surface area contributed by atoms with Crippen LogP contribution in [0.15, 0.2) is 0 Å². The molecule has 0 aromatic carbocycles. The predicted octanol–water partition coefficient (Wildman–Crippen LogP) is 1.08. The van der Waals surface area contributed by atoms with Gasteiger partial charge in [0.2, 0.25) is 5.13 Å². The molecular weight excluding hydrogens is 214 g/mol. The summed E-state index contributed by atoms with van der Waals surface area (Å²) >= 11 is 1.31. The molecule has 0 aliphatic rings. The van der Waals surface area contributed by atoms with Gasteiger partial charge in [-0.25, -0.2) is 4.98 Å². The molecule has 1 rings (SSSR count). The maximum atomic E-state index is 9.05. The Morgan fingerprint density at radius 2 is 2.27 bits per heavy atom. The molecule has 0 aliphatic carbocycles. The Hall–Kier alpha value is -0.720. The van der Waals surface area contributed by atoms with E-state index >= 15 is 0 Å². The quantitative estimate of drug-likeness (QED) is 0.767. The highest BCUT2D eigenvalue weighted by atomic mass is 32.1. The molecule has 0 bridgehead atoms. The smallest absolute Gasteiger partial charge is 0.202 e. The van der Waals surface area contributed by atoms with Crippen molar-refractivity contribution in [2.24, 2.45) is 0 Å². The van der Waals surface area contributed by atoms with Crippen LogP contribution in [0.3, 0.4) is 0 Å². The monoisotopic (exact) mass is 231 g/mol. The molecule has 0 spiro atoms. The molecule has 5 nitrogen and oxygen atoms in total. The molecule has 1 aromatic rings. The number of hydrogen-bond donors (Lipinski definition) is 2. The second kappa shape index (κ2) is 5.99. The summed E-state index contributed by atoms with van der Waals surface area (Å²) in [6.07, 6.45) is 0. The Morgan fingerprint density at radius 3 is 2.73 bits per heavy atom. The van der Waals surface area contributed by atoms with Gasteiger partial charge in [-0.05, 0) is 0 Å². The Bertz CT molecular complexity index is 291. The number of ether oxygens (including phenoxy) is 1. The molecule has 0 amide bonds. The lowest BCUT2D eigenvalue weighted by molar-refractivity contribution is 0.153. The predicted molar refractivity (Wildman–Crippen MR) is 60.4 cm³/mol. The third-order valence-electron chi connectivity index (χ3n) is 1.87. The number of aliphatic hydroxyl groups is 1. The van der Waals surface area contributed by atoms with E-state index in [1.807, 2.05) is 13.8 Å². The van der Waals surface area contributed by atoms with Gasteiger partial charge in [-0.15, -0.1) is 0 Å². The first kappa shape index (κ1) is 12.4. The molecular formula is C9H17N3O2S. The van der Waals surface area contributed by atoms with Gasteiger partial charge in [-0.2, -0.15) is 4.37 Å². The van der Waals surface area contributed by atoms with Crippen molar-refractivity contribution in [2.45, 2.75) is 25.8 Å². The van der Waals surface area contributed by atoms with Gasteiger partial charge in [0.15, 0.2) is 0 Å². The summed E-state index contributed by atoms with van der Waals surface area (Å²) in [6.45, 7) is 4.56. The van der Waals surface area contributed by atoms with Crippen molar-refractivity contribution in [1.29, 1.82) is 0 Å². The van der Waals surface area contributed by atoms with E-state index in [1.54, 1.807) is 7.11 Å². The van der Waals surface area contributed by atoms with Gasteiger partial charge in [-0.1, -0.05) is 13.8 Å². The largest absolute Gasteiger partial charge is 0.394 e. The van der Waals surface area contributed by atoms with Gasteiger partial charge >= 0.3 is 0 Å². The molecule has 1 atom stereocenters. The first-order valence-electron chi connectivity index (χ1n) is 4.87. The van der Waals surface area contributed by atoms with Crippen molar-refractivity contribution in [3.63, 3.8) is 0 Å². The highest BCUT2D eigenvalue weighted by Crippen LogP contribution is 2.17. The van der Waals surface area contributed by atoms with E-state index in [2.05, 4.69) is 14.7 Å². The van der Waals surface area contributed by atoms with Crippen LogP contribution in [-0.4, -0.2) is 40.8 Å². The molecule has 0 saturated heterocycles. The fraction of sp³-hybridized carbons (Fsp3) is 0.778. The molecule has 0 saturated carbocycles. The number of hydrogen-bond acceptors (Lipinski definition) is 6. The van der Waals surface area contributed by atoms with Crippen LogP contribution < -0.4 is 5.32 Å². The summed E-state index contributed by atoms with van der Waals surface area (Å²) in [4.78, 5) is 4.31. The van der Waals surface area contributed by atoms with E-state index in [4.69, 9.17) is 9.84 Å². The van der Waals surface area contributed by atoms with Crippen molar-refractivity contribution >= 4 is 16.7 Å².